The number of aromatic nitrogens is 4. The summed E-state index contributed by atoms with van der Waals surface area (Å²) in [5.74, 6) is 1.11. The van der Waals surface area contributed by atoms with E-state index in [0.29, 0.717) is 23.1 Å². The van der Waals surface area contributed by atoms with Crippen LogP contribution in [0.5, 0.6) is 0 Å². The summed E-state index contributed by atoms with van der Waals surface area (Å²) in [5, 5.41) is 0.299. The molecule has 2 aliphatic heterocycles. The van der Waals surface area contributed by atoms with Gasteiger partial charge >= 0.3 is 5.69 Å². The summed E-state index contributed by atoms with van der Waals surface area (Å²) < 4.78 is 6.36. The van der Waals surface area contributed by atoms with Crippen LogP contribution < -0.4 is 16.1 Å². The van der Waals surface area contributed by atoms with Crippen LogP contribution in [0.3, 0.4) is 0 Å². The van der Waals surface area contributed by atoms with Gasteiger partial charge in [-0.25, -0.2) is 9.78 Å². The molecular formula is C21H26N6O3. The topological polar surface area (TPSA) is 100 Å². The standard InChI is InChI=1S/C21H26N6O3/c28-19-17-13-22-20(26-10-6-15(7-11-26)25-8-2-1-3-9-25)23-18(17)24-21(29)27(19)14-16-5-4-12-30-16/h4-5,12-13,15H,1-3,6-11,14H2,(H,22,23,24,29). The summed E-state index contributed by atoms with van der Waals surface area (Å²) in [6, 6.07) is 4.08. The lowest BCUT2D eigenvalue weighted by molar-refractivity contribution is 0.141. The molecule has 0 bridgehead atoms. The number of fused-ring (bicyclic) bond motifs is 1. The fourth-order valence-corrected chi connectivity index (χ4v) is 4.60. The highest BCUT2D eigenvalue weighted by molar-refractivity contribution is 5.73. The smallest absolute Gasteiger partial charge is 0.330 e. The molecule has 158 valence electrons. The second-order valence-electron chi connectivity index (χ2n) is 8.15. The van der Waals surface area contributed by atoms with Gasteiger partial charge in [0.25, 0.3) is 5.56 Å². The Balaban J connectivity index is 1.35. The molecule has 2 saturated heterocycles. The predicted molar refractivity (Wildman–Crippen MR) is 113 cm³/mol. The second kappa shape index (κ2) is 8.06. The van der Waals surface area contributed by atoms with E-state index in [2.05, 4.69) is 24.8 Å². The maximum Gasteiger partial charge on any atom is 0.330 e. The number of anilines is 1. The van der Waals surface area contributed by atoms with Crippen molar-refractivity contribution in [2.45, 2.75) is 44.7 Å². The molecular weight excluding hydrogens is 384 g/mol. The minimum Gasteiger partial charge on any atom is -0.467 e. The SMILES string of the molecule is O=c1[nH]c2nc(N3CCC(N4CCCCC4)CC3)ncc2c(=O)n1Cc1ccco1. The fraction of sp³-hybridized carbons (Fsp3) is 0.524. The van der Waals surface area contributed by atoms with Crippen molar-refractivity contribution in [1.82, 2.24) is 24.4 Å². The van der Waals surface area contributed by atoms with Crippen molar-refractivity contribution in [3.8, 4) is 0 Å². The average molecular weight is 410 g/mol. The maximum absolute atomic E-state index is 12.8. The van der Waals surface area contributed by atoms with Crippen LogP contribution in [0.1, 0.15) is 37.9 Å². The van der Waals surface area contributed by atoms with E-state index < -0.39 is 11.2 Å². The van der Waals surface area contributed by atoms with Gasteiger partial charge in [0.05, 0.1) is 12.8 Å². The lowest BCUT2D eigenvalue weighted by Crippen LogP contribution is -2.47. The molecule has 30 heavy (non-hydrogen) atoms. The van der Waals surface area contributed by atoms with E-state index in [-0.39, 0.29) is 12.2 Å². The number of aromatic amines is 1. The number of furan rings is 1. The zero-order valence-corrected chi connectivity index (χ0v) is 16.9. The van der Waals surface area contributed by atoms with Crippen LogP contribution in [0.15, 0.2) is 38.6 Å². The molecule has 1 N–H and O–H groups in total. The van der Waals surface area contributed by atoms with E-state index in [1.165, 1.54) is 44.8 Å². The third-order valence-corrected chi connectivity index (χ3v) is 6.27. The highest BCUT2D eigenvalue weighted by Crippen LogP contribution is 2.23. The molecule has 3 aromatic rings. The highest BCUT2D eigenvalue weighted by Gasteiger charge is 2.26. The summed E-state index contributed by atoms with van der Waals surface area (Å²) in [7, 11) is 0. The van der Waals surface area contributed by atoms with Gasteiger partial charge < -0.3 is 14.2 Å². The third-order valence-electron chi connectivity index (χ3n) is 6.27. The highest BCUT2D eigenvalue weighted by atomic mass is 16.3. The molecule has 0 aromatic carbocycles. The van der Waals surface area contributed by atoms with Crippen molar-refractivity contribution in [2.24, 2.45) is 0 Å². The number of nitrogens with zero attached hydrogens (tertiary/aromatic N) is 5. The van der Waals surface area contributed by atoms with Crippen LogP contribution in [0.4, 0.5) is 5.95 Å². The van der Waals surface area contributed by atoms with Gasteiger partial charge in [0.15, 0.2) is 5.65 Å². The molecule has 0 amide bonds. The van der Waals surface area contributed by atoms with Gasteiger partial charge in [-0.15, -0.1) is 0 Å². The minimum absolute atomic E-state index is 0.0723. The first-order valence-corrected chi connectivity index (χ1v) is 10.7. The van der Waals surface area contributed by atoms with Crippen molar-refractivity contribution in [2.75, 3.05) is 31.1 Å². The molecule has 9 heteroatoms. The number of H-pyrrole nitrogens is 1. The van der Waals surface area contributed by atoms with Gasteiger partial charge in [-0.1, -0.05) is 6.42 Å². The Labute approximate surface area is 173 Å². The van der Waals surface area contributed by atoms with Gasteiger partial charge in [-0.2, -0.15) is 4.98 Å². The number of hydrogen-bond donors (Lipinski definition) is 1. The number of rotatable bonds is 4. The van der Waals surface area contributed by atoms with Crippen LogP contribution in [-0.2, 0) is 6.54 Å². The fourth-order valence-electron chi connectivity index (χ4n) is 4.60. The lowest BCUT2D eigenvalue weighted by atomic mass is 10.0. The van der Waals surface area contributed by atoms with E-state index in [1.54, 1.807) is 12.1 Å². The quantitative estimate of drug-likeness (QED) is 0.697. The Hall–Kier alpha value is -2.94. The molecule has 9 nitrogen and oxygen atoms in total. The van der Waals surface area contributed by atoms with Crippen molar-refractivity contribution in [3.63, 3.8) is 0 Å². The molecule has 5 heterocycles. The first kappa shape index (κ1) is 19.0. The molecule has 0 saturated carbocycles. The van der Waals surface area contributed by atoms with E-state index in [9.17, 15) is 9.59 Å². The first-order valence-electron chi connectivity index (χ1n) is 10.7. The Bertz CT molecular complexity index is 1120. The first-order chi connectivity index (χ1) is 14.7. The molecule has 3 aromatic heterocycles. The lowest BCUT2D eigenvalue weighted by Gasteiger charge is -2.40. The van der Waals surface area contributed by atoms with Crippen LogP contribution in [-0.4, -0.2) is 56.6 Å². The van der Waals surface area contributed by atoms with Gasteiger partial charge in [-0.05, 0) is 50.9 Å². The monoisotopic (exact) mass is 410 g/mol. The zero-order valence-electron chi connectivity index (χ0n) is 16.9. The van der Waals surface area contributed by atoms with Crippen LogP contribution in [0.25, 0.3) is 11.0 Å². The average Bonchev–Trinajstić information content (AvgIpc) is 3.30. The summed E-state index contributed by atoms with van der Waals surface area (Å²) in [4.78, 5) is 41.7. The Kier molecular flexibility index (Phi) is 5.12. The molecule has 2 aliphatic rings. The predicted octanol–water partition coefficient (Wildman–Crippen LogP) is 1.58. The number of nitrogens with one attached hydrogen (secondary N) is 1. The summed E-state index contributed by atoms with van der Waals surface area (Å²) in [5.41, 5.74) is -0.637. The largest absolute Gasteiger partial charge is 0.467 e. The third kappa shape index (κ3) is 3.65. The van der Waals surface area contributed by atoms with E-state index in [1.807, 2.05) is 0 Å². The van der Waals surface area contributed by atoms with E-state index in [4.69, 9.17) is 4.42 Å². The molecule has 0 radical (unpaired) electrons. The van der Waals surface area contributed by atoms with Gasteiger partial charge in [0, 0.05) is 25.3 Å². The molecule has 0 aliphatic carbocycles. The van der Waals surface area contributed by atoms with Crippen LogP contribution >= 0.6 is 0 Å². The number of piperidine rings is 2. The van der Waals surface area contributed by atoms with Crippen molar-refractivity contribution in [3.05, 3.63) is 51.2 Å². The van der Waals surface area contributed by atoms with Crippen LogP contribution in [0.2, 0.25) is 0 Å². The van der Waals surface area contributed by atoms with Crippen LogP contribution in [0, 0.1) is 0 Å². The summed E-state index contributed by atoms with van der Waals surface area (Å²) >= 11 is 0. The molecule has 0 unspecified atom stereocenters. The normalized spacial score (nSPS) is 18.9. The van der Waals surface area contributed by atoms with Crippen molar-refractivity contribution < 1.29 is 4.42 Å². The Morgan fingerprint density at radius 2 is 1.90 bits per heavy atom. The zero-order chi connectivity index (χ0) is 20.5. The van der Waals surface area contributed by atoms with E-state index >= 15 is 0 Å². The summed E-state index contributed by atoms with van der Waals surface area (Å²) in [6.07, 6.45) is 9.16. The number of hydrogen-bond acceptors (Lipinski definition) is 7. The molecule has 2 fully saturated rings. The number of likely N-dealkylation sites (tertiary alicyclic amines) is 1. The van der Waals surface area contributed by atoms with E-state index in [0.717, 1.165) is 30.5 Å². The molecule has 0 atom stereocenters. The minimum atomic E-state index is -0.502. The second-order valence-corrected chi connectivity index (χ2v) is 8.15. The van der Waals surface area contributed by atoms with Crippen molar-refractivity contribution in [1.29, 1.82) is 0 Å². The van der Waals surface area contributed by atoms with Gasteiger partial charge in [0.1, 0.15) is 11.1 Å². The van der Waals surface area contributed by atoms with Crippen molar-refractivity contribution >= 4 is 17.0 Å². The van der Waals surface area contributed by atoms with Gasteiger partial charge in [0.2, 0.25) is 5.95 Å². The maximum atomic E-state index is 12.8. The molecule has 5 rings (SSSR count). The van der Waals surface area contributed by atoms with Gasteiger partial charge in [-0.3, -0.25) is 14.3 Å². The Morgan fingerprint density at radius 3 is 2.63 bits per heavy atom. The summed E-state index contributed by atoms with van der Waals surface area (Å²) in [6.45, 7) is 4.26. The molecule has 0 spiro atoms. The Morgan fingerprint density at radius 1 is 1.10 bits per heavy atom.